The number of hydrogen-bond donors (Lipinski definition) is 3. The summed E-state index contributed by atoms with van der Waals surface area (Å²) >= 11 is 0. The molecule has 0 aromatic carbocycles. The van der Waals surface area contributed by atoms with Crippen molar-refractivity contribution < 1.29 is 37.7 Å². The van der Waals surface area contributed by atoms with E-state index < -0.39 is 44.8 Å². The first-order valence-electron chi connectivity index (χ1n) is 4.98. The van der Waals surface area contributed by atoms with E-state index in [0.29, 0.717) is 6.08 Å². The second kappa shape index (κ2) is 6.08. The Labute approximate surface area is 103 Å². The second-order valence-corrected chi connectivity index (χ2v) is 4.51. The molecule has 5 atom stereocenters. The average Bonchev–Trinajstić information content (AvgIpc) is 2.51. The van der Waals surface area contributed by atoms with E-state index in [1.54, 1.807) is 0 Å². The van der Waals surface area contributed by atoms with Gasteiger partial charge in [0.15, 0.2) is 0 Å². The van der Waals surface area contributed by atoms with Crippen LogP contribution in [0.3, 0.4) is 0 Å². The number of aliphatic hydroxyl groups excluding tert-OH is 1. The van der Waals surface area contributed by atoms with Gasteiger partial charge in [0.05, 0.1) is 12.6 Å². The standard InChI is InChI=1S/C8H12BF2O6P/c9-7-8(13,2-1-5(10)11)6(17-18(14)15)4(3-12)16-7/h2,4,6-7,12-13,18H,3,9H2,(H,14,15)/t4-,6?,7-,8?/m1/s1. The SMILES string of the molecule is B[C@@H]1O[C@H](CO)C(O[PH](=O)O)C1(O)C=C=C(F)F. The van der Waals surface area contributed by atoms with E-state index in [4.69, 9.17) is 14.7 Å². The van der Waals surface area contributed by atoms with Crippen LogP contribution in [0, 0.1) is 0 Å². The van der Waals surface area contributed by atoms with E-state index in [-0.39, 0.29) is 0 Å². The van der Waals surface area contributed by atoms with Crippen molar-refractivity contribution in [3.63, 3.8) is 0 Å². The van der Waals surface area contributed by atoms with Crippen molar-refractivity contribution in [3.8, 4) is 0 Å². The Kier molecular flexibility index (Phi) is 5.25. The van der Waals surface area contributed by atoms with Gasteiger partial charge >= 0.3 is 14.3 Å². The van der Waals surface area contributed by atoms with Crippen LogP contribution in [-0.4, -0.2) is 53.4 Å². The predicted octanol–water partition coefficient (Wildman–Crippen LogP) is -1.23. The molecule has 0 amide bonds. The summed E-state index contributed by atoms with van der Waals surface area (Å²) in [5.74, 6) is 0. The normalized spacial score (nSPS) is 37.1. The first kappa shape index (κ1) is 15.5. The van der Waals surface area contributed by atoms with E-state index in [0.717, 1.165) is 0 Å². The van der Waals surface area contributed by atoms with Crippen molar-refractivity contribution in [3.05, 3.63) is 17.9 Å². The quantitative estimate of drug-likeness (QED) is 0.340. The summed E-state index contributed by atoms with van der Waals surface area (Å²) in [5.41, 5.74) is -0.569. The zero-order chi connectivity index (χ0) is 13.9. The third-order valence-corrected chi connectivity index (χ3v) is 3.10. The topological polar surface area (TPSA) is 96.2 Å². The molecule has 102 valence electrons. The molecule has 18 heavy (non-hydrogen) atoms. The molecule has 0 aromatic rings. The fourth-order valence-electron chi connectivity index (χ4n) is 1.76. The van der Waals surface area contributed by atoms with Crippen molar-refractivity contribution in [1.29, 1.82) is 0 Å². The summed E-state index contributed by atoms with van der Waals surface area (Å²) in [7, 11) is -2.08. The van der Waals surface area contributed by atoms with Crippen LogP contribution < -0.4 is 0 Å². The Balaban J connectivity index is 3.11. The molecule has 0 bridgehead atoms. The Morgan fingerprint density at radius 1 is 1.67 bits per heavy atom. The number of halogens is 2. The van der Waals surface area contributed by atoms with Gasteiger partial charge in [0, 0.05) is 0 Å². The second-order valence-electron chi connectivity index (χ2n) is 3.74. The highest BCUT2D eigenvalue weighted by atomic mass is 31.1. The van der Waals surface area contributed by atoms with E-state index in [1.165, 1.54) is 13.6 Å². The first-order chi connectivity index (χ1) is 8.31. The Hall–Kier alpha value is -0.525. The van der Waals surface area contributed by atoms with Crippen LogP contribution in [0.5, 0.6) is 0 Å². The van der Waals surface area contributed by atoms with Gasteiger partial charge in [-0.2, -0.15) is 8.78 Å². The fraction of sp³-hybridized carbons (Fsp3) is 0.625. The van der Waals surface area contributed by atoms with Gasteiger partial charge in [-0.05, 0) is 6.08 Å². The number of ether oxygens (including phenoxy) is 1. The monoisotopic (exact) mass is 284 g/mol. The van der Waals surface area contributed by atoms with Crippen LogP contribution >= 0.6 is 8.25 Å². The van der Waals surface area contributed by atoms with E-state index in [1.807, 2.05) is 0 Å². The van der Waals surface area contributed by atoms with Crippen LogP contribution in [-0.2, 0) is 13.8 Å². The Bertz CT molecular complexity index is 397. The lowest BCUT2D eigenvalue weighted by molar-refractivity contribution is -0.0140. The highest BCUT2D eigenvalue weighted by Crippen LogP contribution is 2.37. The molecule has 0 aliphatic carbocycles. The third-order valence-electron chi connectivity index (χ3n) is 2.64. The van der Waals surface area contributed by atoms with Gasteiger partial charge < -0.3 is 24.4 Å². The molecule has 3 N–H and O–H groups in total. The third kappa shape index (κ3) is 3.27. The first-order valence-corrected chi connectivity index (χ1v) is 6.24. The Morgan fingerprint density at radius 2 is 2.28 bits per heavy atom. The van der Waals surface area contributed by atoms with Crippen LogP contribution in [0.4, 0.5) is 8.78 Å². The summed E-state index contributed by atoms with van der Waals surface area (Å²) in [4.78, 5) is 8.71. The van der Waals surface area contributed by atoms with Crippen LogP contribution in [0.2, 0.25) is 0 Å². The minimum absolute atomic E-state index is 0.595. The van der Waals surface area contributed by atoms with Gasteiger partial charge in [-0.3, -0.25) is 4.57 Å². The summed E-state index contributed by atoms with van der Waals surface area (Å²) in [6, 6.07) is -1.01. The average molecular weight is 284 g/mol. The number of rotatable bonds is 4. The molecule has 1 rings (SSSR count). The molecule has 0 saturated carbocycles. The van der Waals surface area contributed by atoms with Crippen molar-refractivity contribution in [2.24, 2.45) is 0 Å². The minimum Gasteiger partial charge on any atom is -0.394 e. The molecule has 1 aliphatic heterocycles. The van der Waals surface area contributed by atoms with Crippen LogP contribution in [0.1, 0.15) is 0 Å². The van der Waals surface area contributed by atoms with Crippen LogP contribution in [0.15, 0.2) is 17.9 Å². The lowest BCUT2D eigenvalue weighted by atomic mass is 9.80. The zero-order valence-corrected chi connectivity index (χ0v) is 10.3. The summed E-state index contributed by atoms with van der Waals surface area (Å²) in [6.07, 6.45) is -4.08. The lowest BCUT2D eigenvalue weighted by Gasteiger charge is -2.27. The molecule has 1 heterocycles. The lowest BCUT2D eigenvalue weighted by Crippen LogP contribution is -2.47. The molecule has 6 nitrogen and oxygen atoms in total. The highest BCUT2D eigenvalue weighted by molar-refractivity contribution is 7.32. The maximum absolute atomic E-state index is 12.0. The molecule has 0 spiro atoms. The molecule has 0 radical (unpaired) electrons. The van der Waals surface area contributed by atoms with Gasteiger partial charge in [-0.15, -0.1) is 0 Å². The number of hydrogen-bond acceptors (Lipinski definition) is 5. The van der Waals surface area contributed by atoms with Crippen molar-refractivity contribution in [2.75, 3.05) is 6.61 Å². The molecule has 1 fully saturated rings. The molecular weight excluding hydrogens is 272 g/mol. The highest BCUT2D eigenvalue weighted by Gasteiger charge is 2.53. The van der Waals surface area contributed by atoms with E-state index in [2.05, 4.69) is 4.52 Å². The van der Waals surface area contributed by atoms with E-state index in [9.17, 15) is 18.5 Å². The van der Waals surface area contributed by atoms with Gasteiger partial charge in [0.1, 0.15) is 25.7 Å². The van der Waals surface area contributed by atoms with Gasteiger partial charge in [-0.25, -0.2) is 0 Å². The molecule has 1 aliphatic rings. The maximum Gasteiger partial charge on any atom is 0.317 e. The summed E-state index contributed by atoms with van der Waals surface area (Å²) in [6.45, 7) is -0.595. The smallest absolute Gasteiger partial charge is 0.317 e. The number of aliphatic hydroxyl groups is 2. The molecule has 3 unspecified atom stereocenters. The molecule has 1 saturated heterocycles. The maximum atomic E-state index is 12.0. The van der Waals surface area contributed by atoms with Crippen LogP contribution in [0.25, 0.3) is 0 Å². The summed E-state index contributed by atoms with van der Waals surface area (Å²) in [5, 5.41) is 19.2. The van der Waals surface area contributed by atoms with E-state index >= 15 is 0 Å². The van der Waals surface area contributed by atoms with Gasteiger partial charge in [-0.1, -0.05) is 5.73 Å². The predicted molar refractivity (Wildman–Crippen MR) is 59.1 cm³/mol. The zero-order valence-electron chi connectivity index (χ0n) is 9.34. The fourth-order valence-corrected chi connectivity index (χ4v) is 2.32. The van der Waals surface area contributed by atoms with Gasteiger partial charge in [0.2, 0.25) is 0 Å². The largest absolute Gasteiger partial charge is 0.394 e. The van der Waals surface area contributed by atoms with Crippen molar-refractivity contribution >= 4 is 16.1 Å². The molecular formula is C8H12BF2O6P. The molecule has 0 aromatic heterocycles. The molecule has 10 heteroatoms. The minimum atomic E-state index is -3.43. The Morgan fingerprint density at radius 3 is 2.72 bits per heavy atom. The van der Waals surface area contributed by atoms with Crippen molar-refractivity contribution in [2.45, 2.75) is 23.8 Å². The van der Waals surface area contributed by atoms with Crippen molar-refractivity contribution in [1.82, 2.24) is 0 Å². The summed E-state index contributed by atoms with van der Waals surface area (Å²) < 4.78 is 44.3. The van der Waals surface area contributed by atoms with Gasteiger partial charge in [0.25, 0.3) is 0 Å².